The van der Waals surface area contributed by atoms with Crippen molar-refractivity contribution >= 4 is 11.8 Å². The van der Waals surface area contributed by atoms with E-state index < -0.39 is 5.54 Å². The lowest BCUT2D eigenvalue weighted by atomic mass is 9.54. The summed E-state index contributed by atoms with van der Waals surface area (Å²) in [6.07, 6.45) is 6.54. The molecule has 2 unspecified atom stereocenters. The third-order valence-corrected chi connectivity index (χ3v) is 7.21. The number of carbonyl (C=O) groups is 2. The lowest BCUT2D eigenvalue weighted by molar-refractivity contribution is -0.180. The molecule has 3 aliphatic rings. The Balaban J connectivity index is 1.44. The van der Waals surface area contributed by atoms with Crippen LogP contribution in [0.2, 0.25) is 0 Å². The molecule has 1 heterocycles. The van der Waals surface area contributed by atoms with Gasteiger partial charge in [0.05, 0.1) is 12.6 Å². The largest absolute Gasteiger partial charge is 0.378 e. The summed E-state index contributed by atoms with van der Waals surface area (Å²) in [5, 5.41) is 3.18. The molecule has 3 N–H and O–H groups in total. The average Bonchev–Trinajstić information content (AvgIpc) is 2.68. The molecule has 3 rings (SSSR count). The van der Waals surface area contributed by atoms with Crippen molar-refractivity contribution in [3.8, 4) is 0 Å². The normalized spacial score (nSPS) is 31.3. The van der Waals surface area contributed by atoms with Crippen molar-refractivity contribution < 1.29 is 14.3 Å². The maximum Gasteiger partial charge on any atom is 0.243 e. The zero-order valence-electron chi connectivity index (χ0n) is 17.8. The van der Waals surface area contributed by atoms with Gasteiger partial charge in [-0.3, -0.25) is 14.5 Å². The molecular formula is C21H38N4O3. The minimum Gasteiger partial charge on any atom is -0.378 e. The van der Waals surface area contributed by atoms with Crippen molar-refractivity contribution in [2.75, 3.05) is 39.3 Å². The number of nitrogens with zero attached hydrogens (tertiary/aromatic N) is 2. The molecule has 3 fully saturated rings. The molecule has 160 valence electrons. The number of carbonyl (C=O) groups excluding carboxylic acids is 2. The third kappa shape index (κ3) is 4.21. The van der Waals surface area contributed by atoms with Gasteiger partial charge >= 0.3 is 0 Å². The van der Waals surface area contributed by atoms with E-state index in [4.69, 9.17) is 10.5 Å². The molecular weight excluding hydrogens is 356 g/mol. The zero-order valence-corrected chi connectivity index (χ0v) is 17.8. The van der Waals surface area contributed by atoms with Crippen molar-refractivity contribution in [3.05, 3.63) is 0 Å². The van der Waals surface area contributed by atoms with Gasteiger partial charge in [0.2, 0.25) is 11.8 Å². The van der Waals surface area contributed by atoms with Crippen molar-refractivity contribution in [1.82, 2.24) is 15.1 Å². The van der Waals surface area contributed by atoms with Crippen LogP contribution in [-0.2, 0) is 14.3 Å². The molecule has 0 spiro atoms. The Kier molecular flexibility index (Phi) is 6.67. The van der Waals surface area contributed by atoms with Crippen LogP contribution in [0.1, 0.15) is 59.3 Å². The Bertz CT molecular complexity index is 568. The Morgan fingerprint density at radius 1 is 1.11 bits per heavy atom. The topological polar surface area (TPSA) is 87.9 Å². The summed E-state index contributed by atoms with van der Waals surface area (Å²) in [6.45, 7) is 9.78. The monoisotopic (exact) mass is 394 g/mol. The van der Waals surface area contributed by atoms with Crippen LogP contribution in [0.5, 0.6) is 0 Å². The number of rotatable bonds is 6. The molecule has 7 nitrogen and oxygen atoms in total. The highest BCUT2D eigenvalue weighted by Gasteiger charge is 2.63. The molecule has 2 saturated carbocycles. The van der Waals surface area contributed by atoms with E-state index in [1.165, 1.54) is 19.3 Å². The van der Waals surface area contributed by atoms with E-state index in [0.29, 0.717) is 38.7 Å². The molecule has 0 bridgehead atoms. The number of hydrogen-bond acceptors (Lipinski definition) is 5. The van der Waals surface area contributed by atoms with Gasteiger partial charge in [-0.2, -0.15) is 0 Å². The van der Waals surface area contributed by atoms with Gasteiger partial charge in [0.1, 0.15) is 5.54 Å². The van der Waals surface area contributed by atoms with E-state index in [0.717, 1.165) is 25.9 Å². The molecule has 2 aliphatic carbocycles. The molecule has 2 amide bonds. The fourth-order valence-electron chi connectivity index (χ4n) is 4.91. The van der Waals surface area contributed by atoms with Crippen LogP contribution in [0.4, 0.5) is 0 Å². The van der Waals surface area contributed by atoms with Gasteiger partial charge in [-0.15, -0.1) is 0 Å². The molecule has 28 heavy (non-hydrogen) atoms. The van der Waals surface area contributed by atoms with Crippen LogP contribution in [0.3, 0.4) is 0 Å². The van der Waals surface area contributed by atoms with Crippen LogP contribution < -0.4 is 11.1 Å². The molecule has 1 saturated heterocycles. The molecule has 1 aliphatic heterocycles. The quantitative estimate of drug-likeness (QED) is 0.705. The van der Waals surface area contributed by atoms with Gasteiger partial charge in [-0.25, -0.2) is 0 Å². The van der Waals surface area contributed by atoms with E-state index in [1.54, 1.807) is 0 Å². The van der Waals surface area contributed by atoms with Crippen LogP contribution in [0.25, 0.3) is 0 Å². The number of amides is 2. The van der Waals surface area contributed by atoms with E-state index in [2.05, 4.69) is 10.2 Å². The summed E-state index contributed by atoms with van der Waals surface area (Å²) in [4.78, 5) is 29.4. The van der Waals surface area contributed by atoms with E-state index >= 15 is 0 Å². The molecule has 0 radical (unpaired) electrons. The van der Waals surface area contributed by atoms with Gasteiger partial charge in [-0.1, -0.05) is 33.1 Å². The van der Waals surface area contributed by atoms with Crippen molar-refractivity contribution in [1.29, 1.82) is 0 Å². The number of hydrogen-bond donors (Lipinski definition) is 2. The third-order valence-electron chi connectivity index (χ3n) is 7.21. The molecule has 0 aromatic rings. The standard InChI is InChI=1S/C21H38N4O3/c1-4-28-17-14-21(22,20(17,2)3)19(27)25-12-10-24(11-13-25)15-18(26)23-16-8-6-5-7-9-16/h16-17H,4-15,22H2,1-3H3,(H,23,26). The lowest BCUT2D eigenvalue weighted by Crippen LogP contribution is -2.76. The highest BCUT2D eigenvalue weighted by atomic mass is 16.5. The number of nitrogens with one attached hydrogen (secondary N) is 1. The second kappa shape index (κ2) is 8.67. The maximum absolute atomic E-state index is 13.1. The predicted octanol–water partition coefficient (Wildman–Crippen LogP) is 1.11. The van der Waals surface area contributed by atoms with Gasteiger partial charge in [-0.05, 0) is 19.8 Å². The summed E-state index contributed by atoms with van der Waals surface area (Å²) in [5.74, 6) is 0.140. The smallest absolute Gasteiger partial charge is 0.243 e. The van der Waals surface area contributed by atoms with Crippen molar-refractivity contribution in [2.45, 2.75) is 77.0 Å². The summed E-state index contributed by atoms with van der Waals surface area (Å²) in [7, 11) is 0. The summed E-state index contributed by atoms with van der Waals surface area (Å²) < 4.78 is 5.75. The minimum absolute atomic E-state index is 0.0276. The number of ether oxygens (including phenoxy) is 1. The first-order valence-corrected chi connectivity index (χ1v) is 11.0. The first kappa shape index (κ1) is 21.5. The van der Waals surface area contributed by atoms with Crippen molar-refractivity contribution in [2.24, 2.45) is 11.1 Å². The van der Waals surface area contributed by atoms with Crippen LogP contribution in [0, 0.1) is 5.41 Å². The molecule has 2 atom stereocenters. The summed E-state index contributed by atoms with van der Waals surface area (Å²) in [5.41, 5.74) is 5.33. The minimum atomic E-state index is -0.854. The molecule has 7 heteroatoms. The Morgan fingerprint density at radius 3 is 2.32 bits per heavy atom. The van der Waals surface area contributed by atoms with Crippen molar-refractivity contribution in [3.63, 3.8) is 0 Å². The Hall–Kier alpha value is -1.18. The SMILES string of the molecule is CCOC1CC(N)(C(=O)N2CCN(CC(=O)NC3CCCCC3)CC2)C1(C)C. The Labute approximate surface area is 169 Å². The number of nitrogens with two attached hydrogens (primary N) is 1. The summed E-state index contributed by atoms with van der Waals surface area (Å²) in [6, 6.07) is 0.348. The van der Waals surface area contributed by atoms with E-state index in [-0.39, 0.29) is 23.3 Å². The fourth-order valence-corrected chi connectivity index (χ4v) is 4.91. The maximum atomic E-state index is 13.1. The van der Waals surface area contributed by atoms with Gasteiger partial charge in [0, 0.05) is 50.7 Å². The van der Waals surface area contributed by atoms with Crippen LogP contribution in [0.15, 0.2) is 0 Å². The van der Waals surface area contributed by atoms with Crippen LogP contribution >= 0.6 is 0 Å². The first-order valence-electron chi connectivity index (χ1n) is 11.0. The fraction of sp³-hybridized carbons (Fsp3) is 0.905. The zero-order chi connectivity index (χ0) is 20.4. The van der Waals surface area contributed by atoms with Gasteiger partial charge in [0.15, 0.2) is 0 Å². The first-order chi connectivity index (χ1) is 13.3. The number of piperazine rings is 1. The predicted molar refractivity (Wildman–Crippen MR) is 109 cm³/mol. The highest BCUT2D eigenvalue weighted by Crippen LogP contribution is 2.50. The van der Waals surface area contributed by atoms with E-state index in [9.17, 15) is 9.59 Å². The Morgan fingerprint density at radius 2 is 1.75 bits per heavy atom. The molecule has 0 aromatic carbocycles. The second-order valence-corrected chi connectivity index (χ2v) is 9.31. The second-order valence-electron chi connectivity index (χ2n) is 9.31. The van der Waals surface area contributed by atoms with E-state index in [1.807, 2.05) is 25.7 Å². The summed E-state index contributed by atoms with van der Waals surface area (Å²) >= 11 is 0. The lowest BCUT2D eigenvalue weighted by Gasteiger charge is -2.59. The highest BCUT2D eigenvalue weighted by molar-refractivity contribution is 5.89. The van der Waals surface area contributed by atoms with Gasteiger partial charge in [0.25, 0.3) is 0 Å². The molecule has 0 aromatic heterocycles. The van der Waals surface area contributed by atoms with Crippen LogP contribution in [-0.4, -0.2) is 78.6 Å². The van der Waals surface area contributed by atoms with Gasteiger partial charge < -0.3 is 20.7 Å². The average molecular weight is 395 g/mol.